The molecule has 31 heavy (non-hydrogen) atoms. The Hall–Kier alpha value is -0.610. The number of aliphatic imine (C=N–C) groups is 1. The van der Waals surface area contributed by atoms with Crippen molar-refractivity contribution in [3.63, 3.8) is 0 Å². The largest absolute Gasteiger partial charge is 0.356 e. The number of piperazine rings is 1. The van der Waals surface area contributed by atoms with Crippen LogP contribution in [0, 0.1) is 0 Å². The number of likely N-dealkylation sites (tertiary alicyclic amines) is 2. The first-order chi connectivity index (χ1) is 14.8. The second-order valence-electron chi connectivity index (χ2n) is 9.14. The first kappa shape index (κ1) is 26.6. The van der Waals surface area contributed by atoms with Crippen molar-refractivity contribution in [3.05, 3.63) is 0 Å². The molecule has 0 unspecified atom stereocenters. The number of halogens is 1. The van der Waals surface area contributed by atoms with Gasteiger partial charge in [0.25, 0.3) is 0 Å². The smallest absolute Gasteiger partial charge is 0.236 e. The van der Waals surface area contributed by atoms with E-state index in [1.54, 1.807) is 0 Å². The number of hydrogen-bond donors (Lipinski definition) is 1. The number of nitrogens with zero attached hydrogens (tertiary/aromatic N) is 5. The molecule has 0 aliphatic carbocycles. The number of rotatable bonds is 8. The number of nitrogens with one attached hydrogen (secondary N) is 1. The van der Waals surface area contributed by atoms with Crippen LogP contribution in [0.1, 0.15) is 57.8 Å². The maximum atomic E-state index is 12.5. The van der Waals surface area contributed by atoms with Gasteiger partial charge in [0.05, 0.1) is 6.54 Å². The quantitative estimate of drug-likeness (QED) is 0.219. The monoisotopic (exact) mass is 548 g/mol. The minimum atomic E-state index is 0. The van der Waals surface area contributed by atoms with Crippen molar-refractivity contribution < 1.29 is 4.79 Å². The first-order valence-corrected chi connectivity index (χ1v) is 12.4. The third kappa shape index (κ3) is 9.42. The zero-order valence-electron chi connectivity index (χ0n) is 19.7. The van der Waals surface area contributed by atoms with E-state index in [1.165, 1.54) is 77.4 Å². The van der Waals surface area contributed by atoms with Gasteiger partial charge >= 0.3 is 0 Å². The first-order valence-electron chi connectivity index (χ1n) is 12.4. The molecular formula is C23H45IN6O. The van der Waals surface area contributed by atoms with Crippen molar-refractivity contribution in [2.45, 2.75) is 57.8 Å². The molecule has 180 valence electrons. The van der Waals surface area contributed by atoms with E-state index in [9.17, 15) is 4.79 Å². The van der Waals surface area contributed by atoms with E-state index in [0.29, 0.717) is 12.5 Å². The molecule has 8 heteroatoms. The molecule has 0 spiro atoms. The lowest BCUT2D eigenvalue weighted by Crippen LogP contribution is -2.54. The third-order valence-electron chi connectivity index (χ3n) is 6.83. The summed E-state index contributed by atoms with van der Waals surface area (Å²) < 4.78 is 0. The van der Waals surface area contributed by atoms with Gasteiger partial charge in [-0.1, -0.05) is 12.8 Å². The molecule has 0 bridgehead atoms. The highest BCUT2D eigenvalue weighted by Crippen LogP contribution is 2.11. The Kier molecular flexibility index (Phi) is 13.1. The number of piperidine rings is 2. The highest BCUT2D eigenvalue weighted by molar-refractivity contribution is 14.0. The van der Waals surface area contributed by atoms with Crippen LogP contribution in [0.25, 0.3) is 0 Å². The molecule has 3 saturated heterocycles. The average molecular weight is 549 g/mol. The van der Waals surface area contributed by atoms with Gasteiger partial charge in [-0.25, -0.2) is 0 Å². The number of unbranched alkanes of at least 4 members (excludes halogenated alkanes) is 2. The number of carbonyl (C=O) groups is 1. The lowest BCUT2D eigenvalue weighted by atomic mass is 10.1. The summed E-state index contributed by atoms with van der Waals surface area (Å²) >= 11 is 0. The van der Waals surface area contributed by atoms with Crippen LogP contribution in [0.2, 0.25) is 0 Å². The van der Waals surface area contributed by atoms with Crippen LogP contribution in [0.15, 0.2) is 4.99 Å². The molecule has 0 atom stereocenters. The minimum absolute atomic E-state index is 0. The van der Waals surface area contributed by atoms with Gasteiger partial charge in [-0.05, 0) is 64.6 Å². The van der Waals surface area contributed by atoms with Gasteiger partial charge in [-0.3, -0.25) is 14.7 Å². The highest BCUT2D eigenvalue weighted by Gasteiger charge is 2.23. The number of hydrogen-bond acceptors (Lipinski definition) is 4. The second kappa shape index (κ2) is 15.3. The van der Waals surface area contributed by atoms with Gasteiger partial charge in [0.1, 0.15) is 0 Å². The molecule has 0 radical (unpaired) electrons. The number of guanidine groups is 1. The Labute approximate surface area is 207 Å². The van der Waals surface area contributed by atoms with E-state index in [2.05, 4.69) is 29.9 Å². The predicted molar refractivity (Wildman–Crippen MR) is 139 cm³/mol. The fourth-order valence-electron chi connectivity index (χ4n) is 4.91. The Morgan fingerprint density at radius 3 is 2.03 bits per heavy atom. The summed E-state index contributed by atoms with van der Waals surface area (Å²) in [5, 5.41) is 3.55. The maximum Gasteiger partial charge on any atom is 0.236 e. The van der Waals surface area contributed by atoms with Crippen molar-refractivity contribution in [2.24, 2.45) is 4.99 Å². The Morgan fingerprint density at radius 2 is 1.39 bits per heavy atom. The second-order valence-corrected chi connectivity index (χ2v) is 9.14. The molecule has 3 aliphatic heterocycles. The van der Waals surface area contributed by atoms with E-state index >= 15 is 0 Å². The highest BCUT2D eigenvalue weighted by atomic mass is 127. The van der Waals surface area contributed by atoms with Crippen LogP contribution in [0.4, 0.5) is 0 Å². The molecule has 0 aromatic heterocycles. The zero-order chi connectivity index (χ0) is 21.0. The van der Waals surface area contributed by atoms with Crippen molar-refractivity contribution in [1.82, 2.24) is 24.9 Å². The van der Waals surface area contributed by atoms with Crippen molar-refractivity contribution in [2.75, 3.05) is 79.0 Å². The lowest BCUT2D eigenvalue weighted by Gasteiger charge is -2.37. The van der Waals surface area contributed by atoms with Crippen LogP contribution in [-0.2, 0) is 4.79 Å². The van der Waals surface area contributed by atoms with Gasteiger partial charge < -0.3 is 20.0 Å². The summed E-state index contributed by atoms with van der Waals surface area (Å²) in [4.78, 5) is 26.3. The summed E-state index contributed by atoms with van der Waals surface area (Å²) in [5.74, 6) is 1.34. The predicted octanol–water partition coefficient (Wildman–Crippen LogP) is 2.47. The van der Waals surface area contributed by atoms with Crippen molar-refractivity contribution in [3.8, 4) is 0 Å². The molecule has 7 nitrogen and oxygen atoms in total. The van der Waals surface area contributed by atoms with E-state index in [1.807, 2.05) is 7.05 Å². The van der Waals surface area contributed by atoms with Crippen molar-refractivity contribution >= 4 is 35.8 Å². The van der Waals surface area contributed by atoms with E-state index < -0.39 is 0 Å². The maximum absolute atomic E-state index is 12.5. The van der Waals surface area contributed by atoms with Gasteiger partial charge in [-0.2, -0.15) is 0 Å². The molecule has 0 aromatic rings. The molecule has 3 aliphatic rings. The summed E-state index contributed by atoms with van der Waals surface area (Å²) in [7, 11) is 1.88. The zero-order valence-corrected chi connectivity index (χ0v) is 22.0. The standard InChI is InChI=1S/C23H44N6O.HI/c1-24-23(25-11-5-2-6-12-26-13-7-3-8-14-26)29-19-17-27(18-20-29)21-22(30)28-15-9-4-10-16-28;/h2-21H2,1H3,(H,24,25);1H. The number of carbonyl (C=O) groups excluding carboxylic acids is 1. The summed E-state index contributed by atoms with van der Waals surface area (Å²) in [6.07, 6.45) is 11.6. The average Bonchev–Trinajstić information content (AvgIpc) is 2.80. The topological polar surface area (TPSA) is 54.4 Å². The normalized spacial score (nSPS) is 21.6. The molecule has 3 rings (SSSR count). The summed E-state index contributed by atoms with van der Waals surface area (Å²) in [6, 6.07) is 0. The van der Waals surface area contributed by atoms with Gasteiger partial charge in [-0.15, -0.1) is 24.0 Å². The minimum Gasteiger partial charge on any atom is -0.356 e. The van der Waals surface area contributed by atoms with Gasteiger partial charge in [0, 0.05) is 52.9 Å². The Morgan fingerprint density at radius 1 is 0.742 bits per heavy atom. The van der Waals surface area contributed by atoms with Crippen molar-refractivity contribution in [1.29, 1.82) is 0 Å². The van der Waals surface area contributed by atoms with Crippen LogP contribution >= 0.6 is 24.0 Å². The molecule has 3 heterocycles. The molecule has 1 N–H and O–H groups in total. The lowest BCUT2D eigenvalue weighted by molar-refractivity contribution is -0.133. The van der Waals surface area contributed by atoms with E-state index in [-0.39, 0.29) is 24.0 Å². The summed E-state index contributed by atoms with van der Waals surface area (Å²) in [6.45, 7) is 11.1. The van der Waals surface area contributed by atoms with Gasteiger partial charge in [0.15, 0.2) is 5.96 Å². The van der Waals surface area contributed by atoms with Crippen LogP contribution in [-0.4, -0.2) is 111 Å². The molecule has 3 fully saturated rings. The van der Waals surface area contributed by atoms with Gasteiger partial charge in [0.2, 0.25) is 5.91 Å². The van der Waals surface area contributed by atoms with Crippen LogP contribution in [0.3, 0.4) is 0 Å². The van der Waals surface area contributed by atoms with Crippen LogP contribution < -0.4 is 5.32 Å². The Balaban J connectivity index is 0.00000341. The molecular weight excluding hydrogens is 503 g/mol. The molecule has 0 aromatic carbocycles. The molecule has 0 saturated carbocycles. The number of amides is 1. The third-order valence-corrected chi connectivity index (χ3v) is 6.83. The van der Waals surface area contributed by atoms with E-state index in [4.69, 9.17) is 0 Å². The molecule has 1 amide bonds. The SMILES string of the molecule is CN=C(NCCCCCN1CCCCC1)N1CCN(CC(=O)N2CCCCC2)CC1.I. The fraction of sp³-hybridized carbons (Fsp3) is 0.913. The van der Waals surface area contributed by atoms with Crippen LogP contribution in [0.5, 0.6) is 0 Å². The summed E-state index contributed by atoms with van der Waals surface area (Å²) in [5.41, 5.74) is 0. The Bertz CT molecular complexity index is 526. The van der Waals surface area contributed by atoms with E-state index in [0.717, 1.165) is 51.8 Å². The fourth-order valence-corrected chi connectivity index (χ4v) is 4.91.